The van der Waals surface area contributed by atoms with Crippen molar-refractivity contribution in [1.29, 1.82) is 5.26 Å². The Hall–Kier alpha value is -1.95. The van der Waals surface area contributed by atoms with Crippen LogP contribution >= 0.6 is 0 Å². The average molecular weight is 417 g/mol. The Morgan fingerprint density at radius 1 is 1.21 bits per heavy atom. The van der Waals surface area contributed by atoms with Gasteiger partial charge in [0, 0.05) is 26.2 Å². The van der Waals surface area contributed by atoms with Crippen LogP contribution in [-0.2, 0) is 27.7 Å². The van der Waals surface area contributed by atoms with E-state index in [9.17, 15) is 18.5 Å². The van der Waals surface area contributed by atoms with Gasteiger partial charge in [0.1, 0.15) is 5.54 Å². The van der Waals surface area contributed by atoms with Gasteiger partial charge in [-0.2, -0.15) is 9.57 Å². The first kappa shape index (κ1) is 20.3. The number of aryl methyl sites for hydroxylation is 2. The lowest BCUT2D eigenvalue weighted by Gasteiger charge is -2.34. The molecule has 2 aliphatic carbocycles. The van der Waals surface area contributed by atoms with Gasteiger partial charge in [0.25, 0.3) is 0 Å². The molecule has 1 amide bonds. The molecule has 1 saturated heterocycles. The number of piperazine rings is 1. The molecule has 1 saturated carbocycles. The fourth-order valence-electron chi connectivity index (χ4n) is 4.40. The number of carbonyl (C=O) groups excluding carboxylic acids is 1. The molecular formula is C21H28N4O3S. The van der Waals surface area contributed by atoms with E-state index in [1.807, 2.05) is 17.0 Å². The summed E-state index contributed by atoms with van der Waals surface area (Å²) < 4.78 is 27.5. The van der Waals surface area contributed by atoms with Gasteiger partial charge < -0.3 is 5.32 Å². The van der Waals surface area contributed by atoms with Crippen LogP contribution in [0, 0.1) is 17.2 Å². The lowest BCUT2D eigenvalue weighted by Crippen LogP contribution is -2.54. The third kappa shape index (κ3) is 4.18. The summed E-state index contributed by atoms with van der Waals surface area (Å²) in [6, 6.07) is 7.73. The number of hydrogen-bond acceptors (Lipinski definition) is 5. The van der Waals surface area contributed by atoms with Crippen molar-refractivity contribution < 1.29 is 13.2 Å². The molecule has 1 aromatic rings. The van der Waals surface area contributed by atoms with Crippen LogP contribution in [0.3, 0.4) is 0 Å². The van der Waals surface area contributed by atoms with Crippen LogP contribution in [0.2, 0.25) is 0 Å². The summed E-state index contributed by atoms with van der Waals surface area (Å²) in [5.74, 6) is 0.0710. The molecule has 29 heavy (non-hydrogen) atoms. The number of fused-ring (bicyclic) bond motifs is 1. The van der Waals surface area contributed by atoms with Crippen LogP contribution in [0.25, 0.3) is 0 Å². The molecule has 2 fully saturated rings. The molecule has 0 unspecified atom stereocenters. The standard InChI is InChI=1S/C21H28N4O3S/c1-21(15-22,18-6-7-18)23-20(26)14-24-9-11-25(12-10-24)29(27,28)19-8-5-16-3-2-4-17(16)13-19/h5,8,13,18H,2-4,6-7,9-12,14H2,1H3,(H,23,26)/t21-/m1/s1. The molecule has 0 radical (unpaired) electrons. The van der Waals surface area contributed by atoms with E-state index in [0.29, 0.717) is 31.1 Å². The van der Waals surface area contributed by atoms with Gasteiger partial charge in [-0.05, 0) is 68.2 Å². The Bertz CT molecular complexity index is 943. The lowest BCUT2D eigenvalue weighted by molar-refractivity contribution is -0.123. The fraction of sp³-hybridized carbons (Fsp3) is 0.619. The molecule has 1 aromatic carbocycles. The Kier molecular flexibility index (Phi) is 5.40. The number of carbonyl (C=O) groups is 1. The highest BCUT2D eigenvalue weighted by atomic mass is 32.2. The molecule has 8 heteroatoms. The second-order valence-corrected chi connectivity index (χ2v) is 10.5. The van der Waals surface area contributed by atoms with Crippen LogP contribution in [0.1, 0.15) is 37.3 Å². The maximum atomic E-state index is 13.0. The molecule has 1 heterocycles. The van der Waals surface area contributed by atoms with Crippen LogP contribution in [-0.4, -0.2) is 61.8 Å². The smallest absolute Gasteiger partial charge is 0.243 e. The van der Waals surface area contributed by atoms with E-state index in [1.165, 1.54) is 9.87 Å². The van der Waals surface area contributed by atoms with E-state index < -0.39 is 15.6 Å². The zero-order valence-corrected chi connectivity index (χ0v) is 17.7. The third-order valence-electron chi connectivity index (χ3n) is 6.43. The number of nitriles is 1. The molecule has 1 atom stereocenters. The molecule has 1 N–H and O–H groups in total. The van der Waals surface area contributed by atoms with E-state index in [2.05, 4.69) is 11.4 Å². The van der Waals surface area contributed by atoms with E-state index >= 15 is 0 Å². The molecule has 3 aliphatic rings. The Morgan fingerprint density at radius 2 is 1.90 bits per heavy atom. The van der Waals surface area contributed by atoms with E-state index in [1.54, 1.807) is 13.0 Å². The van der Waals surface area contributed by atoms with E-state index in [-0.39, 0.29) is 18.4 Å². The number of benzene rings is 1. The van der Waals surface area contributed by atoms with Crippen LogP contribution in [0.15, 0.2) is 23.1 Å². The van der Waals surface area contributed by atoms with Gasteiger partial charge in [0.05, 0.1) is 17.5 Å². The van der Waals surface area contributed by atoms with Gasteiger partial charge in [-0.25, -0.2) is 8.42 Å². The lowest BCUT2D eigenvalue weighted by atomic mass is 9.98. The normalized spacial score (nSPS) is 22.5. The number of hydrogen-bond donors (Lipinski definition) is 1. The predicted octanol–water partition coefficient (Wildman–Crippen LogP) is 1.29. The minimum absolute atomic E-state index is 0.170. The third-order valence-corrected chi connectivity index (χ3v) is 8.33. The summed E-state index contributed by atoms with van der Waals surface area (Å²) in [4.78, 5) is 14.7. The molecule has 0 spiro atoms. The van der Waals surface area contributed by atoms with Gasteiger partial charge in [0.15, 0.2) is 0 Å². The molecule has 0 aromatic heterocycles. The number of sulfonamides is 1. The average Bonchev–Trinajstić information content (AvgIpc) is 3.46. The summed E-state index contributed by atoms with van der Waals surface area (Å²) in [5, 5.41) is 12.3. The largest absolute Gasteiger partial charge is 0.337 e. The van der Waals surface area contributed by atoms with Gasteiger partial charge in [0.2, 0.25) is 15.9 Å². The summed E-state index contributed by atoms with van der Waals surface area (Å²) in [6.07, 6.45) is 5.02. The molecule has 7 nitrogen and oxygen atoms in total. The number of nitrogens with zero attached hydrogens (tertiary/aromatic N) is 3. The van der Waals surface area contributed by atoms with Crippen LogP contribution in [0.5, 0.6) is 0 Å². The SMILES string of the molecule is C[C@](C#N)(NC(=O)CN1CCN(S(=O)(=O)c2ccc3c(c2)CCC3)CC1)C1CC1. The summed E-state index contributed by atoms with van der Waals surface area (Å²) in [6.45, 7) is 3.71. The minimum Gasteiger partial charge on any atom is -0.337 e. The maximum absolute atomic E-state index is 13.0. The minimum atomic E-state index is -3.51. The molecule has 1 aliphatic heterocycles. The monoisotopic (exact) mass is 416 g/mol. The second kappa shape index (κ2) is 7.71. The molecule has 156 valence electrons. The van der Waals surface area contributed by atoms with Crippen molar-refractivity contribution in [2.75, 3.05) is 32.7 Å². The second-order valence-electron chi connectivity index (χ2n) is 8.60. The summed E-state index contributed by atoms with van der Waals surface area (Å²) in [5.41, 5.74) is 1.61. The van der Waals surface area contributed by atoms with Crippen LogP contribution in [0.4, 0.5) is 0 Å². The first-order chi connectivity index (χ1) is 13.8. The summed E-state index contributed by atoms with van der Waals surface area (Å²) >= 11 is 0. The molecular weight excluding hydrogens is 388 g/mol. The van der Waals surface area contributed by atoms with Crippen molar-refractivity contribution in [2.24, 2.45) is 5.92 Å². The Labute approximate surface area is 172 Å². The topological polar surface area (TPSA) is 93.5 Å². The van der Waals surface area contributed by atoms with Crippen molar-refractivity contribution >= 4 is 15.9 Å². The fourth-order valence-corrected chi connectivity index (χ4v) is 5.87. The molecule has 0 bridgehead atoms. The maximum Gasteiger partial charge on any atom is 0.243 e. The van der Waals surface area contributed by atoms with Gasteiger partial charge in [-0.1, -0.05) is 6.07 Å². The zero-order chi connectivity index (χ0) is 20.6. The van der Waals surface area contributed by atoms with Gasteiger partial charge >= 0.3 is 0 Å². The highest BCUT2D eigenvalue weighted by Gasteiger charge is 2.43. The number of nitrogens with one attached hydrogen (secondary N) is 1. The van der Waals surface area contributed by atoms with Gasteiger partial charge in [-0.15, -0.1) is 0 Å². The van der Waals surface area contributed by atoms with Crippen molar-refractivity contribution in [3.63, 3.8) is 0 Å². The molecule has 4 rings (SSSR count). The first-order valence-corrected chi connectivity index (χ1v) is 11.8. The predicted molar refractivity (Wildman–Crippen MR) is 109 cm³/mol. The van der Waals surface area contributed by atoms with Crippen molar-refractivity contribution in [2.45, 2.75) is 49.5 Å². The highest BCUT2D eigenvalue weighted by molar-refractivity contribution is 7.89. The Morgan fingerprint density at radius 3 is 2.55 bits per heavy atom. The van der Waals surface area contributed by atoms with E-state index in [0.717, 1.165) is 37.7 Å². The number of amides is 1. The highest BCUT2D eigenvalue weighted by Crippen LogP contribution is 2.39. The van der Waals surface area contributed by atoms with Crippen LogP contribution < -0.4 is 5.32 Å². The van der Waals surface area contributed by atoms with Crippen molar-refractivity contribution in [3.05, 3.63) is 29.3 Å². The van der Waals surface area contributed by atoms with Crippen molar-refractivity contribution in [1.82, 2.24) is 14.5 Å². The number of rotatable bonds is 6. The van der Waals surface area contributed by atoms with E-state index in [4.69, 9.17) is 0 Å². The summed E-state index contributed by atoms with van der Waals surface area (Å²) in [7, 11) is -3.51. The zero-order valence-electron chi connectivity index (χ0n) is 16.9. The van der Waals surface area contributed by atoms with Crippen molar-refractivity contribution in [3.8, 4) is 6.07 Å². The quantitative estimate of drug-likeness (QED) is 0.754. The first-order valence-electron chi connectivity index (χ1n) is 10.4. The van der Waals surface area contributed by atoms with Gasteiger partial charge in [-0.3, -0.25) is 9.69 Å². The Balaban J connectivity index is 1.33.